The van der Waals surface area contributed by atoms with Crippen LogP contribution in [0.4, 0.5) is 15.8 Å². The Balaban J connectivity index is 2.56. The number of halogens is 1. The monoisotopic (exact) mass is 294 g/mol. The van der Waals surface area contributed by atoms with Gasteiger partial charge in [-0.25, -0.2) is 12.8 Å². The Morgan fingerprint density at radius 2 is 1.75 bits per heavy atom. The number of sulfonamides is 1. The highest BCUT2D eigenvalue weighted by Gasteiger charge is 2.26. The van der Waals surface area contributed by atoms with E-state index in [1.165, 1.54) is 16.4 Å². The minimum absolute atomic E-state index is 0.219. The second kappa shape index (κ2) is 5.50. The lowest BCUT2D eigenvalue weighted by Gasteiger charge is -2.23. The third kappa shape index (κ3) is 2.46. The van der Waals surface area contributed by atoms with Gasteiger partial charge in [-0.05, 0) is 31.2 Å². The van der Waals surface area contributed by atoms with Crippen molar-refractivity contribution in [2.24, 2.45) is 0 Å². The summed E-state index contributed by atoms with van der Waals surface area (Å²) in [5.74, 6) is -0.741. The number of rotatable bonds is 4. The van der Waals surface area contributed by atoms with Gasteiger partial charge < -0.3 is 5.73 Å². The maximum atomic E-state index is 13.5. The summed E-state index contributed by atoms with van der Waals surface area (Å²) >= 11 is 0. The van der Waals surface area contributed by atoms with Crippen LogP contribution in [-0.2, 0) is 10.0 Å². The molecule has 0 saturated heterocycles. The summed E-state index contributed by atoms with van der Waals surface area (Å²) in [6, 6.07) is 12.4. The van der Waals surface area contributed by atoms with E-state index in [1.54, 1.807) is 37.3 Å². The van der Waals surface area contributed by atoms with E-state index in [1.807, 2.05) is 0 Å². The lowest BCUT2D eigenvalue weighted by atomic mass is 10.3. The van der Waals surface area contributed by atoms with E-state index in [-0.39, 0.29) is 17.1 Å². The fourth-order valence-corrected chi connectivity index (χ4v) is 3.55. The fourth-order valence-electron chi connectivity index (χ4n) is 1.95. The average Bonchev–Trinajstić information content (AvgIpc) is 2.43. The second-order valence-electron chi connectivity index (χ2n) is 4.16. The molecule has 4 nitrogen and oxygen atoms in total. The molecule has 0 aliphatic rings. The van der Waals surface area contributed by atoms with Crippen molar-refractivity contribution in [2.45, 2.75) is 11.8 Å². The van der Waals surface area contributed by atoms with Gasteiger partial charge in [-0.2, -0.15) is 0 Å². The number of hydrogen-bond donors (Lipinski definition) is 1. The fraction of sp³-hybridized carbons (Fsp3) is 0.143. The van der Waals surface area contributed by atoms with Gasteiger partial charge in [0, 0.05) is 6.54 Å². The summed E-state index contributed by atoms with van der Waals surface area (Å²) in [6.45, 7) is 1.93. The quantitative estimate of drug-likeness (QED) is 0.882. The van der Waals surface area contributed by atoms with Gasteiger partial charge in [0.25, 0.3) is 10.0 Å². The molecule has 0 saturated carbocycles. The molecular weight excluding hydrogens is 279 g/mol. The normalized spacial score (nSPS) is 11.3. The van der Waals surface area contributed by atoms with Gasteiger partial charge in [-0.3, -0.25) is 4.31 Å². The Kier molecular flexibility index (Phi) is 3.94. The zero-order chi connectivity index (χ0) is 14.8. The third-order valence-corrected chi connectivity index (χ3v) is 4.87. The molecule has 0 aliphatic heterocycles. The molecule has 0 spiro atoms. The van der Waals surface area contributed by atoms with E-state index < -0.39 is 15.8 Å². The van der Waals surface area contributed by atoms with Crippen molar-refractivity contribution < 1.29 is 12.8 Å². The largest absolute Gasteiger partial charge is 0.395 e. The Bertz CT molecular complexity index is 702. The van der Waals surface area contributed by atoms with Gasteiger partial charge in [0.15, 0.2) is 0 Å². The summed E-state index contributed by atoms with van der Waals surface area (Å²) in [6.07, 6.45) is 0. The molecule has 0 radical (unpaired) electrons. The smallest absolute Gasteiger partial charge is 0.266 e. The van der Waals surface area contributed by atoms with Gasteiger partial charge >= 0.3 is 0 Å². The first-order valence-corrected chi connectivity index (χ1v) is 7.54. The van der Waals surface area contributed by atoms with Crippen LogP contribution in [0.5, 0.6) is 0 Å². The Morgan fingerprint density at radius 1 is 1.10 bits per heavy atom. The molecule has 0 fully saturated rings. The molecule has 2 rings (SSSR count). The molecule has 0 unspecified atom stereocenters. The number of anilines is 2. The van der Waals surface area contributed by atoms with Crippen molar-refractivity contribution >= 4 is 21.4 Å². The molecule has 2 N–H and O–H groups in total. The molecule has 2 aromatic rings. The molecule has 0 aliphatic carbocycles. The highest BCUT2D eigenvalue weighted by atomic mass is 32.2. The van der Waals surface area contributed by atoms with Crippen molar-refractivity contribution in [1.82, 2.24) is 0 Å². The van der Waals surface area contributed by atoms with Crippen LogP contribution in [0.1, 0.15) is 6.92 Å². The van der Waals surface area contributed by atoms with Gasteiger partial charge in [0.2, 0.25) is 0 Å². The zero-order valence-corrected chi connectivity index (χ0v) is 11.8. The summed E-state index contributed by atoms with van der Waals surface area (Å²) in [5.41, 5.74) is 5.71. The Morgan fingerprint density at radius 3 is 2.35 bits per heavy atom. The Labute approximate surface area is 117 Å². The molecule has 0 aromatic heterocycles. The maximum absolute atomic E-state index is 13.5. The zero-order valence-electron chi connectivity index (χ0n) is 11.0. The lowest BCUT2D eigenvalue weighted by Crippen LogP contribution is -2.31. The topological polar surface area (TPSA) is 63.4 Å². The predicted octanol–water partition coefficient (Wildman–Crippen LogP) is 2.62. The number of para-hydroxylation sites is 2. The van der Waals surface area contributed by atoms with Crippen LogP contribution in [0.3, 0.4) is 0 Å². The second-order valence-corrected chi connectivity index (χ2v) is 5.99. The lowest BCUT2D eigenvalue weighted by molar-refractivity contribution is 0.588. The first-order valence-electron chi connectivity index (χ1n) is 6.10. The minimum atomic E-state index is -3.89. The number of nitrogens with zero attached hydrogens (tertiary/aromatic N) is 1. The first kappa shape index (κ1) is 14.3. The number of benzene rings is 2. The van der Waals surface area contributed by atoms with E-state index in [4.69, 9.17) is 5.73 Å². The van der Waals surface area contributed by atoms with Crippen LogP contribution in [0, 0.1) is 5.82 Å². The molecule has 20 heavy (non-hydrogen) atoms. The van der Waals surface area contributed by atoms with Crippen molar-refractivity contribution in [2.75, 3.05) is 16.6 Å². The predicted molar refractivity (Wildman–Crippen MR) is 77.5 cm³/mol. The van der Waals surface area contributed by atoms with Crippen LogP contribution >= 0.6 is 0 Å². The molecule has 0 heterocycles. The highest BCUT2D eigenvalue weighted by Crippen LogP contribution is 2.28. The number of hydrogen-bond acceptors (Lipinski definition) is 3. The molecule has 106 valence electrons. The first-order chi connectivity index (χ1) is 9.48. The molecule has 6 heteroatoms. The van der Waals surface area contributed by atoms with Crippen molar-refractivity contribution in [3.8, 4) is 0 Å². The van der Waals surface area contributed by atoms with E-state index in [9.17, 15) is 12.8 Å². The summed E-state index contributed by atoms with van der Waals surface area (Å²) < 4.78 is 39.9. The third-order valence-electron chi connectivity index (χ3n) is 2.91. The molecule has 0 atom stereocenters. The van der Waals surface area contributed by atoms with Gasteiger partial charge in [-0.15, -0.1) is 0 Å². The summed E-state index contributed by atoms with van der Waals surface area (Å²) in [4.78, 5) is -0.219. The van der Waals surface area contributed by atoms with E-state index >= 15 is 0 Å². The number of nitrogen functional groups attached to an aromatic ring is 1. The van der Waals surface area contributed by atoms with Crippen LogP contribution in [-0.4, -0.2) is 15.0 Å². The summed E-state index contributed by atoms with van der Waals surface area (Å²) in [5, 5.41) is 0. The Hall–Kier alpha value is -2.08. The van der Waals surface area contributed by atoms with Crippen molar-refractivity contribution in [3.05, 3.63) is 54.3 Å². The molecule has 0 bridgehead atoms. The standard InChI is InChI=1S/C14H15FN2O2S/c1-2-17(11-7-4-3-5-8-11)20(18,19)13-10-6-9-12(15)14(13)16/h3-10H,2,16H2,1H3. The highest BCUT2D eigenvalue weighted by molar-refractivity contribution is 7.93. The van der Waals surface area contributed by atoms with Crippen molar-refractivity contribution in [1.29, 1.82) is 0 Å². The van der Waals surface area contributed by atoms with Crippen LogP contribution in [0.25, 0.3) is 0 Å². The van der Waals surface area contributed by atoms with Gasteiger partial charge in [0.05, 0.1) is 11.4 Å². The van der Waals surface area contributed by atoms with Crippen molar-refractivity contribution in [3.63, 3.8) is 0 Å². The van der Waals surface area contributed by atoms with Crippen LogP contribution in [0.15, 0.2) is 53.4 Å². The maximum Gasteiger partial charge on any atom is 0.266 e. The molecular formula is C14H15FN2O2S. The van der Waals surface area contributed by atoms with E-state index in [2.05, 4.69) is 0 Å². The molecule has 0 amide bonds. The SMILES string of the molecule is CCN(c1ccccc1)S(=O)(=O)c1cccc(F)c1N. The van der Waals surface area contributed by atoms with Crippen LogP contribution < -0.4 is 10.0 Å². The molecule has 2 aromatic carbocycles. The van der Waals surface area contributed by atoms with Gasteiger partial charge in [-0.1, -0.05) is 24.3 Å². The average molecular weight is 294 g/mol. The number of nitrogens with two attached hydrogens (primary N) is 1. The van der Waals surface area contributed by atoms with Gasteiger partial charge in [0.1, 0.15) is 10.7 Å². The van der Waals surface area contributed by atoms with Crippen LogP contribution in [0.2, 0.25) is 0 Å². The summed E-state index contributed by atoms with van der Waals surface area (Å²) in [7, 11) is -3.89. The minimum Gasteiger partial charge on any atom is -0.395 e. The van der Waals surface area contributed by atoms with E-state index in [0.29, 0.717) is 5.69 Å². The van der Waals surface area contributed by atoms with E-state index in [0.717, 1.165) is 6.07 Å².